The van der Waals surface area contributed by atoms with E-state index in [1.165, 1.54) is 0 Å². The molecule has 0 heterocycles. The molecule has 3 nitrogen and oxygen atoms in total. The van der Waals surface area contributed by atoms with Crippen molar-refractivity contribution in [2.24, 2.45) is 11.1 Å². The van der Waals surface area contributed by atoms with Crippen molar-refractivity contribution >= 4 is 0 Å². The molecule has 0 saturated heterocycles. The number of nitroso groups, excluding NO2 is 1. The SMILES string of the molecule is NN=O.[C]. The summed E-state index contributed by atoms with van der Waals surface area (Å²) in [6.45, 7) is 0. The van der Waals surface area contributed by atoms with Gasteiger partial charge in [0, 0.05) is 12.7 Å². The van der Waals surface area contributed by atoms with Crippen molar-refractivity contribution in [3.05, 3.63) is 12.3 Å². The number of rotatable bonds is 0. The molecule has 0 aromatic heterocycles. The highest BCUT2D eigenvalue weighted by Crippen LogP contribution is 1.12. The molecule has 0 unspecified atom stereocenters. The summed E-state index contributed by atoms with van der Waals surface area (Å²) >= 11 is 0. The van der Waals surface area contributed by atoms with Gasteiger partial charge in [-0.3, -0.25) is 5.84 Å². The third-order valence-electron chi connectivity index (χ3n) is 0. The number of nitrogens with two attached hydrogens (primary N) is 1. The van der Waals surface area contributed by atoms with Gasteiger partial charge in [0.05, 0.1) is 0 Å². The fourth-order valence-corrected chi connectivity index (χ4v) is 0. The Kier molecular flexibility index (Phi) is 73.4. The molecule has 0 aliphatic carbocycles. The topological polar surface area (TPSA) is 55.4 Å². The third kappa shape index (κ3) is 0.622. The summed E-state index contributed by atoms with van der Waals surface area (Å²) in [4.78, 5) is 8.33. The van der Waals surface area contributed by atoms with Gasteiger partial charge in [-0.15, -0.1) is 4.91 Å². The van der Waals surface area contributed by atoms with Crippen LogP contribution in [0, 0.1) is 12.3 Å². The zero-order valence-electron chi connectivity index (χ0n) is 1.93. The van der Waals surface area contributed by atoms with Crippen molar-refractivity contribution in [1.29, 1.82) is 0 Å². The molecule has 0 aliphatic rings. The second-order valence-electron chi connectivity index (χ2n) is 0.105. The molecular weight excluding hydrogens is 56.0 g/mol. The highest BCUT2D eigenvalue weighted by molar-refractivity contribution is 3.93. The lowest BCUT2D eigenvalue weighted by Crippen LogP contribution is -1.66. The molecule has 0 aliphatic heterocycles. The average Bonchev–Trinajstić information content (AvgIpc) is 0.918. The fourth-order valence-electron chi connectivity index (χ4n) is 0. The Hall–Kier alpha value is -0.600. The van der Waals surface area contributed by atoms with Crippen molar-refractivity contribution in [1.82, 2.24) is 0 Å². The summed E-state index contributed by atoms with van der Waals surface area (Å²) in [5, 5.41) is 1.75. The summed E-state index contributed by atoms with van der Waals surface area (Å²) in [6, 6.07) is 0. The molecule has 0 atom stereocenters. The second kappa shape index (κ2) is 29.4. The van der Waals surface area contributed by atoms with Crippen LogP contribution in [0.5, 0.6) is 0 Å². The van der Waals surface area contributed by atoms with Crippen LogP contribution < -0.4 is 5.84 Å². The van der Waals surface area contributed by atoms with Crippen molar-refractivity contribution in [3.63, 3.8) is 0 Å². The molecule has 4 heavy (non-hydrogen) atoms. The molecule has 0 fully saturated rings. The van der Waals surface area contributed by atoms with Crippen molar-refractivity contribution < 1.29 is 0 Å². The summed E-state index contributed by atoms with van der Waals surface area (Å²) in [5.41, 5.74) is 0. The maximum atomic E-state index is 8.33. The normalized spacial score (nSPS) is 3.00. The van der Waals surface area contributed by atoms with Gasteiger partial charge in [-0.25, -0.2) is 0 Å². The minimum absolute atomic E-state index is 0. The van der Waals surface area contributed by atoms with Gasteiger partial charge in [0.2, 0.25) is 0 Å². The molecule has 22 valence electrons. The molecule has 3 heteroatoms. The molecule has 0 rings (SSSR count). The third-order valence-corrected chi connectivity index (χ3v) is 0. The van der Waals surface area contributed by atoms with Gasteiger partial charge in [0.25, 0.3) is 0 Å². The summed E-state index contributed by atoms with van der Waals surface area (Å²) in [5.74, 6) is 3.92. The van der Waals surface area contributed by atoms with E-state index in [1.54, 1.807) is 5.29 Å². The Labute approximate surface area is 24.7 Å². The molecule has 0 saturated carbocycles. The lowest BCUT2D eigenvalue weighted by molar-refractivity contribution is 1.23. The molecule has 0 aromatic rings. The molecule has 0 spiro atoms. The largest absolute Gasteiger partial charge is 0.287 e. The zero-order valence-corrected chi connectivity index (χ0v) is 1.93. The van der Waals surface area contributed by atoms with Crippen LogP contribution in [-0.4, -0.2) is 0 Å². The highest BCUT2D eigenvalue weighted by Gasteiger charge is 1.14. The van der Waals surface area contributed by atoms with Gasteiger partial charge in [-0.2, -0.15) is 0 Å². The first-order chi connectivity index (χ1) is 1.41. The van der Waals surface area contributed by atoms with Crippen LogP contribution in [0.1, 0.15) is 0 Å². The Morgan fingerprint density at radius 2 is 1.75 bits per heavy atom. The molecule has 0 aromatic carbocycles. The summed E-state index contributed by atoms with van der Waals surface area (Å²) < 4.78 is 0. The van der Waals surface area contributed by atoms with E-state index in [-0.39, 0.29) is 7.43 Å². The monoisotopic (exact) mass is 58.0 g/mol. The zero-order chi connectivity index (χ0) is 2.71. The molecule has 4 radical (unpaired) electrons. The van der Waals surface area contributed by atoms with Gasteiger partial charge >= 0.3 is 0 Å². The maximum Gasteiger partial charge on any atom is 0.0468 e. The van der Waals surface area contributed by atoms with E-state index in [4.69, 9.17) is 4.91 Å². The standard InChI is InChI=1S/C.H2N2O/c;1-2-3/h;(H2,1,3). The number of hydrogen-bond acceptors (Lipinski definition) is 2. The van der Waals surface area contributed by atoms with E-state index in [1.807, 2.05) is 0 Å². The quantitative estimate of drug-likeness (QED) is 0.236. The van der Waals surface area contributed by atoms with E-state index in [0.29, 0.717) is 0 Å². The van der Waals surface area contributed by atoms with E-state index < -0.39 is 0 Å². The minimum atomic E-state index is 0. The Morgan fingerprint density at radius 1 is 1.75 bits per heavy atom. The Bertz CT molecular complexity index is 13.5. The van der Waals surface area contributed by atoms with Gasteiger partial charge in [-0.05, 0) is 0 Å². The van der Waals surface area contributed by atoms with Crippen LogP contribution in [0.25, 0.3) is 0 Å². The van der Waals surface area contributed by atoms with Crippen LogP contribution >= 0.6 is 0 Å². The molecule has 0 amide bonds. The number of nitrogens with zero attached hydrogens (tertiary/aromatic N) is 1. The smallest absolute Gasteiger partial charge is 0.0468 e. The van der Waals surface area contributed by atoms with Crippen LogP contribution in [0.3, 0.4) is 0 Å². The van der Waals surface area contributed by atoms with Crippen LogP contribution in [0.4, 0.5) is 0 Å². The molecule has 0 bridgehead atoms. The molecular formula is CH2N2O. The predicted octanol–water partition coefficient (Wildman–Crippen LogP) is -0.292. The van der Waals surface area contributed by atoms with Crippen LogP contribution in [-0.2, 0) is 0 Å². The Balaban J connectivity index is 0. The maximum absolute atomic E-state index is 8.33. The van der Waals surface area contributed by atoms with Gasteiger partial charge in [-0.1, -0.05) is 0 Å². The summed E-state index contributed by atoms with van der Waals surface area (Å²) in [6.07, 6.45) is 0. The van der Waals surface area contributed by atoms with E-state index in [2.05, 4.69) is 5.84 Å². The van der Waals surface area contributed by atoms with Crippen LogP contribution in [0.15, 0.2) is 5.29 Å². The van der Waals surface area contributed by atoms with E-state index in [9.17, 15) is 0 Å². The highest BCUT2D eigenvalue weighted by atomic mass is 16.3. The lowest BCUT2D eigenvalue weighted by atomic mass is 12.0. The predicted molar refractivity (Wildman–Crippen MR) is 13.2 cm³/mol. The van der Waals surface area contributed by atoms with Crippen LogP contribution in [0.2, 0.25) is 0 Å². The first-order valence-corrected chi connectivity index (χ1v) is 0.441. The van der Waals surface area contributed by atoms with Crippen molar-refractivity contribution in [3.8, 4) is 0 Å². The number of hydrogen-bond donors (Lipinski definition) is 1. The van der Waals surface area contributed by atoms with E-state index in [0.717, 1.165) is 0 Å². The Morgan fingerprint density at radius 3 is 1.75 bits per heavy atom. The van der Waals surface area contributed by atoms with Gasteiger partial charge < -0.3 is 0 Å². The second-order valence-corrected chi connectivity index (χ2v) is 0.105. The van der Waals surface area contributed by atoms with Crippen molar-refractivity contribution in [2.45, 2.75) is 0 Å². The van der Waals surface area contributed by atoms with Gasteiger partial charge in [0.15, 0.2) is 0 Å². The van der Waals surface area contributed by atoms with E-state index >= 15 is 0 Å². The fraction of sp³-hybridized carbons (Fsp3) is 0. The first-order valence-electron chi connectivity index (χ1n) is 0.441. The molecule has 2 N–H and O–H groups in total. The van der Waals surface area contributed by atoms with Gasteiger partial charge in [0.1, 0.15) is 0 Å². The van der Waals surface area contributed by atoms with Crippen molar-refractivity contribution in [2.75, 3.05) is 0 Å². The summed E-state index contributed by atoms with van der Waals surface area (Å²) in [7, 11) is 0. The average molecular weight is 58.0 g/mol. The minimum Gasteiger partial charge on any atom is -0.287 e. The first kappa shape index (κ1) is 9.99. The lowest BCUT2D eigenvalue weighted by Gasteiger charge is -1.33.